The van der Waals surface area contributed by atoms with Crippen molar-refractivity contribution in [2.45, 2.75) is 17.9 Å². The first-order valence-corrected chi connectivity index (χ1v) is 14.4. The fraction of sp³-hybridized carbons (Fsp3) is 0.103. The van der Waals surface area contributed by atoms with Crippen LogP contribution < -0.4 is 16.6 Å². The number of hydrogen-bond donors (Lipinski definition) is 2. The first kappa shape index (κ1) is 27.0. The Morgan fingerprint density at radius 1 is 1.02 bits per heavy atom. The number of nitrogens with zero attached hydrogens (tertiary/aromatic N) is 3. The molecule has 2 heterocycles. The van der Waals surface area contributed by atoms with Crippen molar-refractivity contribution in [2.75, 3.05) is 12.0 Å². The van der Waals surface area contributed by atoms with Crippen LogP contribution in [0.25, 0.3) is 27.7 Å². The molecule has 0 aliphatic heterocycles. The highest BCUT2D eigenvalue weighted by Crippen LogP contribution is 2.26. The Kier molecular flexibility index (Phi) is 7.14. The molecule has 0 saturated carbocycles. The first-order chi connectivity index (χ1) is 19.0. The lowest BCUT2D eigenvalue weighted by atomic mass is 10.1. The van der Waals surface area contributed by atoms with E-state index < -0.39 is 21.8 Å². The largest absolute Gasteiger partial charge is 0.382 e. The highest BCUT2D eigenvalue weighted by atomic mass is 35.5. The molecule has 1 atom stereocenters. The van der Waals surface area contributed by atoms with Crippen molar-refractivity contribution in [2.24, 2.45) is 0 Å². The highest BCUT2D eigenvalue weighted by Gasteiger charge is 2.22. The third-order valence-corrected chi connectivity index (χ3v) is 7.83. The van der Waals surface area contributed by atoms with Crippen LogP contribution in [0.15, 0.2) is 94.7 Å². The second kappa shape index (κ2) is 10.6. The van der Waals surface area contributed by atoms with Crippen molar-refractivity contribution in [3.63, 3.8) is 0 Å². The van der Waals surface area contributed by atoms with Crippen molar-refractivity contribution in [3.8, 4) is 16.9 Å². The summed E-state index contributed by atoms with van der Waals surface area (Å²) in [7, 11) is -3.45. The summed E-state index contributed by atoms with van der Waals surface area (Å²) < 4.78 is 25.5. The monoisotopic (exact) mass is 573 g/mol. The minimum Gasteiger partial charge on any atom is -0.382 e. The quantitative estimate of drug-likeness (QED) is 0.303. The minimum absolute atomic E-state index is 0.0986. The van der Waals surface area contributed by atoms with Gasteiger partial charge in [-0.3, -0.25) is 14.2 Å². The van der Waals surface area contributed by atoms with Gasteiger partial charge in [0.25, 0.3) is 11.5 Å². The molecule has 0 saturated heterocycles. The van der Waals surface area contributed by atoms with E-state index in [4.69, 9.17) is 17.3 Å². The topological polar surface area (TPSA) is 137 Å². The maximum Gasteiger partial charge on any atom is 0.274 e. The van der Waals surface area contributed by atoms with Gasteiger partial charge in [-0.2, -0.15) is 0 Å². The molecule has 11 heteroatoms. The van der Waals surface area contributed by atoms with Crippen molar-refractivity contribution in [1.82, 2.24) is 19.9 Å². The Balaban J connectivity index is 1.55. The average Bonchev–Trinajstić information content (AvgIpc) is 2.93. The molecule has 5 rings (SSSR count). The molecule has 0 radical (unpaired) electrons. The minimum atomic E-state index is -3.45. The molecular formula is C29H24ClN5O4S. The third-order valence-electron chi connectivity index (χ3n) is 6.40. The van der Waals surface area contributed by atoms with Gasteiger partial charge in [-0.15, -0.1) is 0 Å². The van der Waals surface area contributed by atoms with E-state index in [2.05, 4.69) is 15.3 Å². The van der Waals surface area contributed by atoms with Crippen LogP contribution in [0.5, 0.6) is 0 Å². The van der Waals surface area contributed by atoms with Crippen LogP contribution in [0.4, 0.5) is 5.82 Å². The number of sulfone groups is 1. The summed E-state index contributed by atoms with van der Waals surface area (Å²) in [6.45, 7) is 1.74. The van der Waals surface area contributed by atoms with Crippen LogP contribution in [0.2, 0.25) is 5.02 Å². The summed E-state index contributed by atoms with van der Waals surface area (Å²) in [6.07, 6.45) is 2.48. The van der Waals surface area contributed by atoms with Gasteiger partial charge in [-0.25, -0.2) is 18.4 Å². The number of halogens is 1. The molecular weight excluding hydrogens is 550 g/mol. The fourth-order valence-electron chi connectivity index (χ4n) is 4.43. The van der Waals surface area contributed by atoms with Gasteiger partial charge in [0.15, 0.2) is 21.3 Å². The van der Waals surface area contributed by atoms with Crippen molar-refractivity contribution >= 4 is 43.9 Å². The number of amides is 1. The number of nitrogen functional groups attached to an aromatic ring is 1. The summed E-state index contributed by atoms with van der Waals surface area (Å²) >= 11 is 6.39. The smallest absolute Gasteiger partial charge is 0.274 e. The summed E-state index contributed by atoms with van der Waals surface area (Å²) in [5.74, 6) is -0.713. The molecule has 3 aromatic carbocycles. The number of nitrogens with two attached hydrogens (primary N) is 1. The van der Waals surface area contributed by atoms with Crippen LogP contribution in [-0.4, -0.2) is 35.1 Å². The second-order valence-corrected chi connectivity index (χ2v) is 11.7. The lowest BCUT2D eigenvalue weighted by Crippen LogP contribution is -2.33. The number of pyridine rings is 1. The van der Waals surface area contributed by atoms with Crippen molar-refractivity contribution in [1.29, 1.82) is 0 Å². The molecule has 0 spiro atoms. The number of para-hydroxylation sites is 1. The van der Waals surface area contributed by atoms with E-state index in [1.54, 1.807) is 49.4 Å². The van der Waals surface area contributed by atoms with E-state index in [1.165, 1.54) is 22.9 Å². The van der Waals surface area contributed by atoms with Gasteiger partial charge < -0.3 is 11.1 Å². The summed E-state index contributed by atoms with van der Waals surface area (Å²) in [6, 6.07) is 21.6. The maximum absolute atomic E-state index is 13.7. The Hall–Kier alpha value is -4.54. The lowest BCUT2D eigenvalue weighted by molar-refractivity contribution is 0.0934. The average molecular weight is 574 g/mol. The number of nitrogens with one attached hydrogen (secondary N) is 1. The van der Waals surface area contributed by atoms with E-state index >= 15 is 0 Å². The molecule has 0 aliphatic carbocycles. The normalized spacial score (nSPS) is 12.3. The Morgan fingerprint density at radius 3 is 2.48 bits per heavy atom. The van der Waals surface area contributed by atoms with Crippen molar-refractivity contribution in [3.05, 3.63) is 112 Å². The molecule has 2 aromatic heterocycles. The molecule has 5 aromatic rings. The Labute approximate surface area is 235 Å². The van der Waals surface area contributed by atoms with Gasteiger partial charge in [0.05, 0.1) is 33.2 Å². The second-order valence-electron chi connectivity index (χ2n) is 9.23. The number of carbonyl (C=O) groups excluding carboxylic acids is 1. The van der Waals surface area contributed by atoms with Gasteiger partial charge in [-0.05, 0) is 48.7 Å². The number of benzene rings is 3. The standard InChI is InChI=1S/C29H24ClN5O4S/c1-17(24-15-19-9-7-13-22(30)25(19)29(37)35(24)20-10-4-3-5-11-20)33-28(36)26-27(31)32-16-23(34-26)18-8-6-12-21(14-18)40(2,38)39/h3-17H,1-2H3,(H2,31,32)(H,33,36). The Morgan fingerprint density at radius 2 is 1.75 bits per heavy atom. The molecule has 0 bridgehead atoms. The van der Waals surface area contributed by atoms with Gasteiger partial charge in [0.2, 0.25) is 0 Å². The molecule has 0 aliphatic rings. The molecule has 1 unspecified atom stereocenters. The number of anilines is 1. The van der Waals surface area contributed by atoms with Gasteiger partial charge in [-0.1, -0.05) is 54.1 Å². The van der Waals surface area contributed by atoms with E-state index in [0.29, 0.717) is 32.7 Å². The van der Waals surface area contributed by atoms with Crippen LogP contribution in [0, 0.1) is 0 Å². The zero-order chi connectivity index (χ0) is 28.6. The number of fused-ring (bicyclic) bond motifs is 1. The van der Waals surface area contributed by atoms with Gasteiger partial charge in [0.1, 0.15) is 0 Å². The van der Waals surface area contributed by atoms with Crippen molar-refractivity contribution < 1.29 is 13.2 Å². The SMILES string of the molecule is CC(NC(=O)c1nc(-c2cccc(S(C)(=O)=O)c2)cnc1N)c1cc2cccc(Cl)c2c(=O)n1-c1ccccc1. The predicted octanol–water partition coefficient (Wildman–Crippen LogP) is 4.58. The number of rotatable bonds is 6. The van der Waals surface area contributed by atoms with E-state index in [0.717, 1.165) is 6.26 Å². The third kappa shape index (κ3) is 5.18. The predicted molar refractivity (Wildman–Crippen MR) is 155 cm³/mol. The summed E-state index contributed by atoms with van der Waals surface area (Å²) in [4.78, 5) is 35.7. The number of carbonyl (C=O) groups is 1. The number of hydrogen-bond acceptors (Lipinski definition) is 7. The van der Waals surface area contributed by atoms with Crippen LogP contribution in [0.1, 0.15) is 29.1 Å². The van der Waals surface area contributed by atoms with Crippen LogP contribution in [-0.2, 0) is 9.84 Å². The fourth-order valence-corrected chi connectivity index (χ4v) is 5.36. The molecule has 202 valence electrons. The Bertz CT molecular complexity index is 1940. The summed E-state index contributed by atoms with van der Waals surface area (Å²) in [5, 5.41) is 4.21. The lowest BCUT2D eigenvalue weighted by Gasteiger charge is -2.21. The molecule has 0 fully saturated rings. The zero-order valence-corrected chi connectivity index (χ0v) is 23.1. The van der Waals surface area contributed by atoms with Gasteiger partial charge in [0, 0.05) is 23.2 Å². The molecule has 40 heavy (non-hydrogen) atoms. The van der Waals surface area contributed by atoms with Gasteiger partial charge >= 0.3 is 0 Å². The highest BCUT2D eigenvalue weighted by molar-refractivity contribution is 7.90. The molecule has 9 nitrogen and oxygen atoms in total. The number of aromatic nitrogens is 3. The zero-order valence-electron chi connectivity index (χ0n) is 21.5. The van der Waals surface area contributed by atoms with Crippen LogP contribution >= 0.6 is 11.6 Å². The maximum atomic E-state index is 13.7. The van der Waals surface area contributed by atoms with E-state index in [-0.39, 0.29) is 27.7 Å². The van der Waals surface area contributed by atoms with E-state index in [1.807, 2.05) is 24.3 Å². The van der Waals surface area contributed by atoms with Crippen LogP contribution in [0.3, 0.4) is 0 Å². The van der Waals surface area contributed by atoms with E-state index in [9.17, 15) is 18.0 Å². The molecule has 3 N–H and O–H groups in total. The molecule has 1 amide bonds. The summed E-state index contributed by atoms with van der Waals surface area (Å²) in [5.41, 5.74) is 7.43. The first-order valence-electron chi connectivity index (χ1n) is 12.2.